The highest BCUT2D eigenvalue weighted by Crippen LogP contribution is 2.33. The van der Waals surface area contributed by atoms with Crippen molar-refractivity contribution in [3.05, 3.63) is 58.9 Å². The molecule has 0 spiro atoms. The van der Waals surface area contributed by atoms with Crippen molar-refractivity contribution < 1.29 is 18.7 Å². The molecule has 0 radical (unpaired) electrons. The molecule has 1 heterocycles. The van der Waals surface area contributed by atoms with Gasteiger partial charge in [0.15, 0.2) is 11.5 Å². The third-order valence-electron chi connectivity index (χ3n) is 3.75. The van der Waals surface area contributed by atoms with Gasteiger partial charge in [-0.2, -0.15) is 0 Å². The van der Waals surface area contributed by atoms with Crippen molar-refractivity contribution in [1.82, 2.24) is 5.32 Å². The minimum atomic E-state index is -0.285. The van der Waals surface area contributed by atoms with E-state index < -0.39 is 0 Å². The number of benzene rings is 2. The van der Waals surface area contributed by atoms with Crippen molar-refractivity contribution >= 4 is 5.91 Å². The Balaban J connectivity index is 1.62. The molecule has 1 aliphatic heterocycles. The van der Waals surface area contributed by atoms with Crippen LogP contribution in [0.1, 0.15) is 16.7 Å². The number of fused-ring (bicyclic) bond motifs is 1. The summed E-state index contributed by atoms with van der Waals surface area (Å²) in [7, 11) is 0. The molecule has 5 heteroatoms. The predicted octanol–water partition coefficient (Wildman–Crippen LogP) is 2.76. The number of carbonyl (C=O) groups is 1. The average molecular weight is 315 g/mol. The van der Waals surface area contributed by atoms with Gasteiger partial charge in [-0.25, -0.2) is 4.39 Å². The first-order chi connectivity index (χ1) is 11.1. The van der Waals surface area contributed by atoms with Crippen LogP contribution in [0.25, 0.3) is 0 Å². The van der Waals surface area contributed by atoms with Crippen LogP contribution >= 0.6 is 0 Å². The summed E-state index contributed by atoms with van der Waals surface area (Å²) in [6.07, 6.45) is 0.268. The fourth-order valence-corrected chi connectivity index (χ4v) is 2.46. The molecule has 0 aliphatic carbocycles. The van der Waals surface area contributed by atoms with E-state index in [0.717, 1.165) is 22.4 Å². The number of hydrogen-bond acceptors (Lipinski definition) is 3. The van der Waals surface area contributed by atoms with E-state index in [0.29, 0.717) is 25.5 Å². The van der Waals surface area contributed by atoms with Gasteiger partial charge in [0, 0.05) is 6.54 Å². The van der Waals surface area contributed by atoms with E-state index in [9.17, 15) is 9.18 Å². The Morgan fingerprint density at radius 3 is 2.48 bits per heavy atom. The molecule has 1 aliphatic rings. The van der Waals surface area contributed by atoms with Crippen LogP contribution in [0.3, 0.4) is 0 Å². The van der Waals surface area contributed by atoms with E-state index in [-0.39, 0.29) is 18.1 Å². The van der Waals surface area contributed by atoms with E-state index in [4.69, 9.17) is 9.47 Å². The molecule has 0 atom stereocenters. The van der Waals surface area contributed by atoms with Gasteiger partial charge in [-0.1, -0.05) is 12.1 Å². The molecule has 120 valence electrons. The maximum atomic E-state index is 12.8. The fraction of sp³-hybridized carbons (Fsp3) is 0.278. The number of rotatable bonds is 4. The molecule has 0 unspecified atom stereocenters. The zero-order valence-electron chi connectivity index (χ0n) is 12.9. The van der Waals surface area contributed by atoms with Crippen molar-refractivity contribution in [2.24, 2.45) is 0 Å². The molecule has 2 aromatic rings. The Morgan fingerprint density at radius 1 is 1.13 bits per heavy atom. The van der Waals surface area contributed by atoms with E-state index in [2.05, 4.69) is 5.32 Å². The summed E-state index contributed by atoms with van der Waals surface area (Å²) in [6, 6.07) is 9.84. The minimum Gasteiger partial charge on any atom is -0.486 e. The van der Waals surface area contributed by atoms with Gasteiger partial charge in [0.2, 0.25) is 5.91 Å². The number of amides is 1. The van der Waals surface area contributed by atoms with Crippen LogP contribution < -0.4 is 14.8 Å². The van der Waals surface area contributed by atoms with Crippen molar-refractivity contribution in [3.8, 4) is 11.5 Å². The number of halogens is 1. The molecule has 0 aromatic heterocycles. The standard InChI is InChI=1S/C18H18FNO3/c1-12-8-16-17(23-7-6-22-16)9-14(12)10-18(21)20-11-13-2-4-15(19)5-3-13/h2-5,8-9H,6-7,10-11H2,1H3,(H,20,21). The Hall–Kier alpha value is -2.56. The highest BCUT2D eigenvalue weighted by Gasteiger charge is 2.15. The zero-order chi connectivity index (χ0) is 16.2. The van der Waals surface area contributed by atoms with Gasteiger partial charge in [-0.15, -0.1) is 0 Å². The van der Waals surface area contributed by atoms with Crippen molar-refractivity contribution in [2.45, 2.75) is 19.9 Å². The molecule has 1 amide bonds. The third-order valence-corrected chi connectivity index (χ3v) is 3.75. The van der Waals surface area contributed by atoms with Gasteiger partial charge in [0.05, 0.1) is 6.42 Å². The molecule has 1 N–H and O–H groups in total. The highest BCUT2D eigenvalue weighted by atomic mass is 19.1. The molecule has 23 heavy (non-hydrogen) atoms. The molecule has 0 bridgehead atoms. The SMILES string of the molecule is Cc1cc2c(cc1CC(=O)NCc1ccc(F)cc1)OCCO2. The first kappa shape index (κ1) is 15.3. The van der Waals surface area contributed by atoms with Gasteiger partial charge in [-0.05, 0) is 47.9 Å². The summed E-state index contributed by atoms with van der Waals surface area (Å²) in [5.41, 5.74) is 2.76. The van der Waals surface area contributed by atoms with Crippen LogP contribution in [-0.4, -0.2) is 19.1 Å². The lowest BCUT2D eigenvalue weighted by molar-refractivity contribution is -0.120. The normalized spacial score (nSPS) is 12.8. The Bertz CT molecular complexity index is 713. The summed E-state index contributed by atoms with van der Waals surface area (Å²) in [4.78, 5) is 12.1. The van der Waals surface area contributed by atoms with Crippen LogP contribution in [0, 0.1) is 12.7 Å². The molecule has 4 nitrogen and oxygen atoms in total. The summed E-state index contributed by atoms with van der Waals surface area (Å²) >= 11 is 0. The number of ether oxygens (including phenoxy) is 2. The van der Waals surface area contributed by atoms with Gasteiger partial charge < -0.3 is 14.8 Å². The first-order valence-electron chi connectivity index (χ1n) is 7.52. The third kappa shape index (κ3) is 3.80. The number of hydrogen-bond donors (Lipinski definition) is 1. The van der Waals surface area contributed by atoms with Crippen molar-refractivity contribution in [2.75, 3.05) is 13.2 Å². The number of aryl methyl sites for hydroxylation is 1. The molecule has 2 aromatic carbocycles. The van der Waals surface area contributed by atoms with Crippen LogP contribution in [0.15, 0.2) is 36.4 Å². The Kier molecular flexibility index (Phi) is 4.46. The smallest absolute Gasteiger partial charge is 0.224 e. The second-order valence-electron chi connectivity index (χ2n) is 5.50. The lowest BCUT2D eigenvalue weighted by atomic mass is 10.0. The fourth-order valence-electron chi connectivity index (χ4n) is 2.46. The largest absolute Gasteiger partial charge is 0.486 e. The second-order valence-corrected chi connectivity index (χ2v) is 5.50. The van der Waals surface area contributed by atoms with Gasteiger partial charge in [0.25, 0.3) is 0 Å². The highest BCUT2D eigenvalue weighted by molar-refractivity contribution is 5.79. The predicted molar refractivity (Wildman–Crippen MR) is 84.1 cm³/mol. The average Bonchev–Trinajstić information content (AvgIpc) is 2.55. The van der Waals surface area contributed by atoms with Gasteiger partial charge >= 0.3 is 0 Å². The van der Waals surface area contributed by atoms with Crippen LogP contribution in [0.5, 0.6) is 11.5 Å². The maximum Gasteiger partial charge on any atom is 0.224 e. The maximum absolute atomic E-state index is 12.8. The van der Waals surface area contributed by atoms with Crippen LogP contribution in [-0.2, 0) is 17.8 Å². The van der Waals surface area contributed by atoms with E-state index in [1.165, 1.54) is 12.1 Å². The first-order valence-corrected chi connectivity index (χ1v) is 7.52. The summed E-state index contributed by atoms with van der Waals surface area (Å²) in [5.74, 6) is 1.04. The lowest BCUT2D eigenvalue weighted by Gasteiger charge is -2.20. The molecular weight excluding hydrogens is 297 g/mol. The quantitative estimate of drug-likeness (QED) is 0.944. The monoisotopic (exact) mass is 315 g/mol. The summed E-state index contributed by atoms with van der Waals surface area (Å²) in [6.45, 7) is 3.39. The van der Waals surface area contributed by atoms with Crippen molar-refractivity contribution in [1.29, 1.82) is 0 Å². The van der Waals surface area contributed by atoms with Gasteiger partial charge in [0.1, 0.15) is 19.0 Å². The molecule has 0 fully saturated rings. The minimum absolute atomic E-state index is 0.0888. The van der Waals surface area contributed by atoms with E-state index >= 15 is 0 Å². The Labute approximate surface area is 134 Å². The topological polar surface area (TPSA) is 47.6 Å². The second kappa shape index (κ2) is 6.69. The van der Waals surface area contributed by atoms with Crippen molar-refractivity contribution in [3.63, 3.8) is 0 Å². The molecular formula is C18H18FNO3. The van der Waals surface area contributed by atoms with Crippen LogP contribution in [0.2, 0.25) is 0 Å². The number of carbonyl (C=O) groups excluding carboxylic acids is 1. The zero-order valence-corrected chi connectivity index (χ0v) is 12.9. The molecule has 0 saturated heterocycles. The molecule has 0 saturated carbocycles. The van der Waals surface area contributed by atoms with E-state index in [1.807, 2.05) is 19.1 Å². The van der Waals surface area contributed by atoms with E-state index in [1.54, 1.807) is 12.1 Å². The Morgan fingerprint density at radius 2 is 1.78 bits per heavy atom. The number of nitrogens with one attached hydrogen (secondary N) is 1. The van der Waals surface area contributed by atoms with Gasteiger partial charge in [-0.3, -0.25) is 4.79 Å². The summed E-state index contributed by atoms with van der Waals surface area (Å²) in [5, 5.41) is 2.84. The molecule has 3 rings (SSSR count). The lowest BCUT2D eigenvalue weighted by Crippen LogP contribution is -2.25. The van der Waals surface area contributed by atoms with Crippen LogP contribution in [0.4, 0.5) is 4.39 Å². The summed E-state index contributed by atoms with van der Waals surface area (Å²) < 4.78 is 23.9.